The van der Waals surface area contributed by atoms with Gasteiger partial charge in [-0.05, 0) is 11.5 Å². The van der Waals surface area contributed by atoms with Crippen LogP contribution in [0.3, 0.4) is 0 Å². The second-order valence-electron chi connectivity index (χ2n) is 4.74. The van der Waals surface area contributed by atoms with Gasteiger partial charge in [0, 0.05) is 6.54 Å². The number of carbonyl (C=O) groups is 1. The third-order valence-corrected chi connectivity index (χ3v) is 3.22. The lowest BCUT2D eigenvalue weighted by molar-refractivity contribution is -0.123. The van der Waals surface area contributed by atoms with E-state index >= 15 is 0 Å². The molecule has 0 aliphatic carbocycles. The third kappa shape index (κ3) is 5.85. The molecule has 106 valence electrons. The van der Waals surface area contributed by atoms with Crippen molar-refractivity contribution in [3.05, 3.63) is 35.9 Å². The molecule has 4 nitrogen and oxygen atoms in total. The second kappa shape index (κ2) is 8.67. The summed E-state index contributed by atoms with van der Waals surface area (Å²) in [6, 6.07) is 9.52. The van der Waals surface area contributed by atoms with Gasteiger partial charge in [0.15, 0.2) is 0 Å². The van der Waals surface area contributed by atoms with E-state index in [0.29, 0.717) is 19.8 Å². The summed E-state index contributed by atoms with van der Waals surface area (Å²) in [4.78, 5) is 11.7. The molecule has 2 unspecified atom stereocenters. The molecule has 0 bridgehead atoms. The largest absolute Gasteiger partial charge is 0.375 e. The Balaban J connectivity index is 2.12. The van der Waals surface area contributed by atoms with Crippen molar-refractivity contribution in [1.29, 1.82) is 0 Å². The maximum absolute atomic E-state index is 11.7. The van der Waals surface area contributed by atoms with Crippen molar-refractivity contribution >= 4 is 5.91 Å². The predicted octanol–water partition coefficient (Wildman–Crippen LogP) is 1.69. The van der Waals surface area contributed by atoms with Crippen LogP contribution in [0, 0.1) is 5.92 Å². The lowest BCUT2D eigenvalue weighted by atomic mass is 9.99. The van der Waals surface area contributed by atoms with Crippen molar-refractivity contribution in [2.45, 2.75) is 32.9 Å². The quantitative estimate of drug-likeness (QED) is 0.702. The van der Waals surface area contributed by atoms with Gasteiger partial charge in [-0.15, -0.1) is 0 Å². The summed E-state index contributed by atoms with van der Waals surface area (Å²) in [5, 5.41) is 2.79. The molecule has 0 spiro atoms. The molecule has 0 saturated carbocycles. The average Bonchev–Trinajstić information content (AvgIpc) is 2.46. The topological polar surface area (TPSA) is 64.4 Å². The van der Waals surface area contributed by atoms with Gasteiger partial charge >= 0.3 is 0 Å². The molecule has 1 rings (SSSR count). The molecule has 0 aromatic heterocycles. The van der Waals surface area contributed by atoms with E-state index in [1.54, 1.807) is 0 Å². The zero-order valence-corrected chi connectivity index (χ0v) is 11.8. The zero-order chi connectivity index (χ0) is 14.1. The molecule has 0 saturated heterocycles. The van der Waals surface area contributed by atoms with E-state index < -0.39 is 6.04 Å². The van der Waals surface area contributed by atoms with Crippen molar-refractivity contribution in [1.82, 2.24) is 5.32 Å². The van der Waals surface area contributed by atoms with E-state index in [2.05, 4.69) is 5.32 Å². The van der Waals surface area contributed by atoms with E-state index in [1.807, 2.05) is 44.2 Å². The van der Waals surface area contributed by atoms with Crippen molar-refractivity contribution in [2.75, 3.05) is 13.2 Å². The van der Waals surface area contributed by atoms with Gasteiger partial charge in [-0.1, -0.05) is 50.6 Å². The Bertz CT molecular complexity index is 368. The van der Waals surface area contributed by atoms with Crippen LogP contribution in [0.4, 0.5) is 0 Å². The molecular weight excluding hydrogens is 240 g/mol. The van der Waals surface area contributed by atoms with E-state index in [4.69, 9.17) is 10.5 Å². The Morgan fingerprint density at radius 1 is 1.37 bits per heavy atom. The molecule has 0 heterocycles. The van der Waals surface area contributed by atoms with Crippen LogP contribution in [-0.4, -0.2) is 25.1 Å². The Labute approximate surface area is 115 Å². The first kappa shape index (κ1) is 15.7. The molecule has 19 heavy (non-hydrogen) atoms. The maximum Gasteiger partial charge on any atom is 0.237 e. The van der Waals surface area contributed by atoms with Crippen molar-refractivity contribution in [2.24, 2.45) is 11.7 Å². The normalized spacial score (nSPS) is 13.8. The summed E-state index contributed by atoms with van der Waals surface area (Å²) in [5.74, 6) is 0.0999. The zero-order valence-electron chi connectivity index (χ0n) is 11.8. The number of amides is 1. The van der Waals surface area contributed by atoms with Gasteiger partial charge in [-0.3, -0.25) is 4.79 Å². The van der Waals surface area contributed by atoms with Gasteiger partial charge in [0.25, 0.3) is 0 Å². The standard InChI is InChI=1S/C15H24N2O2/c1-3-12(2)14(16)15(18)17-9-10-19-11-13-7-5-4-6-8-13/h4-8,12,14H,3,9-11,16H2,1-2H3,(H,17,18). The Morgan fingerprint density at radius 3 is 2.68 bits per heavy atom. The highest BCUT2D eigenvalue weighted by Crippen LogP contribution is 2.04. The Hall–Kier alpha value is -1.39. The van der Waals surface area contributed by atoms with E-state index in [9.17, 15) is 4.79 Å². The van der Waals surface area contributed by atoms with Crippen molar-refractivity contribution < 1.29 is 9.53 Å². The molecule has 1 aromatic rings. The first-order valence-electron chi connectivity index (χ1n) is 6.80. The Morgan fingerprint density at radius 2 is 2.05 bits per heavy atom. The summed E-state index contributed by atoms with van der Waals surface area (Å²) < 4.78 is 5.48. The molecule has 2 atom stereocenters. The number of carbonyl (C=O) groups excluding carboxylic acids is 1. The fourth-order valence-electron chi connectivity index (χ4n) is 1.64. The highest BCUT2D eigenvalue weighted by atomic mass is 16.5. The van der Waals surface area contributed by atoms with Crippen LogP contribution in [0.2, 0.25) is 0 Å². The van der Waals surface area contributed by atoms with Crippen LogP contribution in [0.5, 0.6) is 0 Å². The highest BCUT2D eigenvalue weighted by Gasteiger charge is 2.18. The number of hydrogen-bond acceptors (Lipinski definition) is 3. The lowest BCUT2D eigenvalue weighted by Gasteiger charge is -2.17. The van der Waals surface area contributed by atoms with Crippen LogP contribution >= 0.6 is 0 Å². The predicted molar refractivity (Wildman–Crippen MR) is 76.5 cm³/mol. The van der Waals surface area contributed by atoms with Crippen molar-refractivity contribution in [3.8, 4) is 0 Å². The minimum absolute atomic E-state index is 0.0994. The van der Waals surface area contributed by atoms with E-state index in [0.717, 1.165) is 12.0 Å². The van der Waals surface area contributed by atoms with Gasteiger partial charge in [-0.2, -0.15) is 0 Å². The number of benzene rings is 1. The van der Waals surface area contributed by atoms with Gasteiger partial charge < -0.3 is 15.8 Å². The minimum Gasteiger partial charge on any atom is -0.375 e. The lowest BCUT2D eigenvalue weighted by Crippen LogP contribution is -2.45. The molecular formula is C15H24N2O2. The molecule has 0 aliphatic rings. The molecule has 0 radical (unpaired) electrons. The summed E-state index contributed by atoms with van der Waals surface area (Å²) in [6.07, 6.45) is 0.902. The maximum atomic E-state index is 11.7. The van der Waals surface area contributed by atoms with Crippen LogP contribution in [0.25, 0.3) is 0 Å². The molecule has 1 aromatic carbocycles. The van der Waals surface area contributed by atoms with Crippen LogP contribution in [0.1, 0.15) is 25.8 Å². The third-order valence-electron chi connectivity index (χ3n) is 3.22. The number of ether oxygens (including phenoxy) is 1. The van der Waals surface area contributed by atoms with Gasteiger partial charge in [0.05, 0.1) is 19.3 Å². The first-order chi connectivity index (χ1) is 9.15. The molecule has 1 amide bonds. The van der Waals surface area contributed by atoms with Crippen molar-refractivity contribution in [3.63, 3.8) is 0 Å². The number of hydrogen-bond donors (Lipinski definition) is 2. The number of rotatable bonds is 8. The summed E-state index contributed by atoms with van der Waals surface area (Å²) >= 11 is 0. The monoisotopic (exact) mass is 264 g/mol. The summed E-state index contributed by atoms with van der Waals surface area (Å²) in [6.45, 7) is 5.56. The first-order valence-corrected chi connectivity index (χ1v) is 6.80. The number of nitrogens with one attached hydrogen (secondary N) is 1. The smallest absolute Gasteiger partial charge is 0.237 e. The molecule has 0 fully saturated rings. The summed E-state index contributed by atoms with van der Waals surface area (Å²) in [5.41, 5.74) is 6.95. The van der Waals surface area contributed by atoms with E-state index in [-0.39, 0.29) is 11.8 Å². The minimum atomic E-state index is -0.431. The highest BCUT2D eigenvalue weighted by molar-refractivity contribution is 5.81. The van der Waals surface area contributed by atoms with E-state index in [1.165, 1.54) is 0 Å². The molecule has 4 heteroatoms. The van der Waals surface area contributed by atoms with Crippen LogP contribution in [-0.2, 0) is 16.1 Å². The SMILES string of the molecule is CCC(C)C(N)C(=O)NCCOCc1ccccc1. The van der Waals surface area contributed by atoms with Crippen LogP contribution in [0.15, 0.2) is 30.3 Å². The molecule has 0 aliphatic heterocycles. The second-order valence-corrected chi connectivity index (χ2v) is 4.74. The summed E-state index contributed by atoms with van der Waals surface area (Å²) in [7, 11) is 0. The Kier molecular flexibility index (Phi) is 7.15. The van der Waals surface area contributed by atoms with Gasteiger partial charge in [-0.25, -0.2) is 0 Å². The number of nitrogens with two attached hydrogens (primary N) is 1. The fraction of sp³-hybridized carbons (Fsp3) is 0.533. The van der Waals surface area contributed by atoms with Crippen LogP contribution < -0.4 is 11.1 Å². The fourth-order valence-corrected chi connectivity index (χ4v) is 1.64. The van der Waals surface area contributed by atoms with Gasteiger partial charge in [0.2, 0.25) is 5.91 Å². The van der Waals surface area contributed by atoms with Gasteiger partial charge in [0.1, 0.15) is 0 Å². The average molecular weight is 264 g/mol. The molecule has 3 N–H and O–H groups in total.